The Morgan fingerprint density at radius 2 is 1.61 bits per heavy atom. The molecule has 1 unspecified atom stereocenters. The van der Waals surface area contributed by atoms with E-state index in [1.165, 1.54) is 0 Å². The molecule has 0 amide bonds. The maximum absolute atomic E-state index is 12.2. The fourth-order valence-corrected chi connectivity index (χ4v) is 3.69. The summed E-state index contributed by atoms with van der Waals surface area (Å²) in [6.07, 6.45) is 4.92. The lowest BCUT2D eigenvalue weighted by molar-refractivity contribution is 0.270. The van der Waals surface area contributed by atoms with Crippen LogP contribution in [0.5, 0.6) is 0 Å². The third-order valence-electron chi connectivity index (χ3n) is 3.93. The highest BCUT2D eigenvalue weighted by Crippen LogP contribution is 2.35. The predicted molar refractivity (Wildman–Crippen MR) is 81.1 cm³/mol. The summed E-state index contributed by atoms with van der Waals surface area (Å²) in [5.74, 6) is 0.809. The van der Waals surface area contributed by atoms with Crippen molar-refractivity contribution in [2.75, 3.05) is 11.6 Å². The summed E-state index contributed by atoms with van der Waals surface area (Å²) >= 11 is 6.11. The van der Waals surface area contributed by atoms with Crippen LogP contribution in [0.25, 0.3) is 0 Å². The second-order valence-electron chi connectivity index (χ2n) is 6.27. The lowest BCUT2D eigenvalue weighted by Crippen LogP contribution is -2.34. The van der Waals surface area contributed by atoms with Gasteiger partial charge in [0.2, 0.25) is 0 Å². The van der Waals surface area contributed by atoms with Gasteiger partial charge < -0.3 is 0 Å². The van der Waals surface area contributed by atoms with Gasteiger partial charge in [-0.1, -0.05) is 26.7 Å². The van der Waals surface area contributed by atoms with E-state index in [0.29, 0.717) is 12.3 Å². The van der Waals surface area contributed by atoms with Crippen LogP contribution in [0.1, 0.15) is 66.7 Å². The molecular formula is C14H29ClO2S. The fourth-order valence-electron chi connectivity index (χ4n) is 1.92. The summed E-state index contributed by atoms with van der Waals surface area (Å²) in [4.78, 5) is 0. The van der Waals surface area contributed by atoms with Crippen LogP contribution in [-0.4, -0.2) is 24.8 Å². The molecule has 0 rings (SSSR count). The number of hydrogen-bond acceptors (Lipinski definition) is 2. The molecule has 0 bridgehead atoms. The normalized spacial score (nSPS) is 16.6. The molecule has 0 saturated carbocycles. The summed E-state index contributed by atoms with van der Waals surface area (Å²) in [6, 6.07) is 0. The van der Waals surface area contributed by atoms with Crippen LogP contribution in [0.4, 0.5) is 0 Å². The van der Waals surface area contributed by atoms with Gasteiger partial charge in [0, 0.05) is 5.88 Å². The van der Waals surface area contributed by atoms with Gasteiger partial charge in [-0.05, 0) is 45.4 Å². The van der Waals surface area contributed by atoms with Crippen molar-refractivity contribution in [3.63, 3.8) is 0 Å². The van der Waals surface area contributed by atoms with E-state index in [-0.39, 0.29) is 11.2 Å². The average Bonchev–Trinajstić information content (AvgIpc) is 2.29. The van der Waals surface area contributed by atoms with Crippen molar-refractivity contribution < 1.29 is 8.42 Å². The Morgan fingerprint density at radius 3 is 1.94 bits per heavy atom. The van der Waals surface area contributed by atoms with Gasteiger partial charge in [0.25, 0.3) is 0 Å². The monoisotopic (exact) mass is 296 g/mol. The second-order valence-corrected chi connectivity index (χ2v) is 9.40. The first-order valence-corrected chi connectivity index (χ1v) is 9.11. The minimum absolute atomic E-state index is 0.00408. The predicted octanol–water partition coefficient (Wildman–Crippen LogP) is 4.42. The first-order chi connectivity index (χ1) is 8.14. The molecule has 2 nitrogen and oxygen atoms in total. The SMILES string of the molecule is CCCCC(CC)(CCl)CCS(=O)(=O)C(C)(C)C. The topological polar surface area (TPSA) is 34.1 Å². The molecular weight excluding hydrogens is 268 g/mol. The van der Waals surface area contributed by atoms with Crippen molar-refractivity contribution in [3.8, 4) is 0 Å². The number of rotatable bonds is 8. The molecule has 0 aliphatic carbocycles. The molecule has 0 heterocycles. The molecule has 0 aliphatic heterocycles. The summed E-state index contributed by atoms with van der Waals surface area (Å²) in [6.45, 7) is 9.57. The van der Waals surface area contributed by atoms with Gasteiger partial charge in [0.05, 0.1) is 10.5 Å². The van der Waals surface area contributed by atoms with Crippen LogP contribution >= 0.6 is 11.6 Å². The maximum atomic E-state index is 12.2. The van der Waals surface area contributed by atoms with E-state index in [2.05, 4.69) is 13.8 Å². The molecule has 4 heteroatoms. The van der Waals surface area contributed by atoms with Crippen LogP contribution < -0.4 is 0 Å². The van der Waals surface area contributed by atoms with Gasteiger partial charge in [-0.3, -0.25) is 0 Å². The molecule has 1 atom stereocenters. The first-order valence-electron chi connectivity index (χ1n) is 6.92. The highest BCUT2D eigenvalue weighted by Gasteiger charge is 2.33. The van der Waals surface area contributed by atoms with Crippen molar-refractivity contribution in [3.05, 3.63) is 0 Å². The van der Waals surface area contributed by atoms with Crippen molar-refractivity contribution in [1.82, 2.24) is 0 Å². The Kier molecular flexibility index (Phi) is 7.23. The minimum atomic E-state index is -3.03. The Balaban J connectivity index is 4.73. The van der Waals surface area contributed by atoms with E-state index in [9.17, 15) is 8.42 Å². The maximum Gasteiger partial charge on any atom is 0.155 e. The number of hydrogen-bond donors (Lipinski definition) is 0. The van der Waals surface area contributed by atoms with E-state index in [1.54, 1.807) is 20.8 Å². The van der Waals surface area contributed by atoms with Crippen molar-refractivity contribution in [2.24, 2.45) is 5.41 Å². The Hall–Kier alpha value is 0.240. The highest BCUT2D eigenvalue weighted by atomic mass is 35.5. The minimum Gasteiger partial charge on any atom is -0.228 e. The lowest BCUT2D eigenvalue weighted by atomic mass is 9.80. The number of sulfone groups is 1. The molecule has 0 radical (unpaired) electrons. The highest BCUT2D eigenvalue weighted by molar-refractivity contribution is 7.92. The quantitative estimate of drug-likeness (QED) is 0.622. The van der Waals surface area contributed by atoms with Gasteiger partial charge in [-0.15, -0.1) is 11.6 Å². The second kappa shape index (κ2) is 7.14. The number of alkyl halides is 1. The molecule has 0 fully saturated rings. The van der Waals surface area contributed by atoms with Crippen LogP contribution in [0, 0.1) is 5.41 Å². The molecule has 0 aliphatic rings. The van der Waals surface area contributed by atoms with Crippen LogP contribution in [0.2, 0.25) is 0 Å². The van der Waals surface area contributed by atoms with Crippen molar-refractivity contribution in [1.29, 1.82) is 0 Å². The van der Waals surface area contributed by atoms with Crippen LogP contribution in [0.15, 0.2) is 0 Å². The largest absolute Gasteiger partial charge is 0.228 e. The Bertz CT molecular complexity index is 324. The lowest BCUT2D eigenvalue weighted by Gasteiger charge is -2.32. The Labute approximate surface area is 118 Å². The molecule has 0 aromatic rings. The average molecular weight is 297 g/mol. The fraction of sp³-hybridized carbons (Fsp3) is 1.00. The van der Waals surface area contributed by atoms with Gasteiger partial charge in [-0.25, -0.2) is 8.42 Å². The van der Waals surface area contributed by atoms with Gasteiger partial charge in [-0.2, -0.15) is 0 Å². The van der Waals surface area contributed by atoms with Gasteiger partial charge >= 0.3 is 0 Å². The van der Waals surface area contributed by atoms with Crippen molar-refractivity contribution in [2.45, 2.75) is 71.5 Å². The van der Waals surface area contributed by atoms with E-state index < -0.39 is 14.6 Å². The summed E-state index contributed by atoms with van der Waals surface area (Å²) in [7, 11) is -3.03. The van der Waals surface area contributed by atoms with E-state index >= 15 is 0 Å². The molecule has 0 aromatic heterocycles. The number of unbranched alkanes of at least 4 members (excludes halogenated alkanes) is 1. The van der Waals surface area contributed by atoms with Gasteiger partial charge in [0.1, 0.15) is 0 Å². The third-order valence-corrected chi connectivity index (χ3v) is 7.10. The standard InChI is InChI=1S/C14H29ClO2S/c1-6-8-9-14(7-2,12-15)10-11-18(16,17)13(3,4)5/h6-12H2,1-5H3. The van der Waals surface area contributed by atoms with E-state index in [4.69, 9.17) is 11.6 Å². The summed E-state index contributed by atoms with van der Waals surface area (Å²) in [5.41, 5.74) is -0.00408. The third kappa shape index (κ3) is 5.08. The number of halogens is 1. The van der Waals surface area contributed by atoms with Gasteiger partial charge in [0.15, 0.2) is 9.84 Å². The molecule has 0 spiro atoms. The first kappa shape index (κ1) is 18.2. The van der Waals surface area contributed by atoms with Crippen molar-refractivity contribution >= 4 is 21.4 Å². The van der Waals surface area contributed by atoms with Crippen LogP contribution in [-0.2, 0) is 9.84 Å². The molecule has 18 heavy (non-hydrogen) atoms. The Morgan fingerprint density at radius 1 is 1.06 bits per heavy atom. The van der Waals surface area contributed by atoms with E-state index in [0.717, 1.165) is 25.7 Å². The molecule has 0 saturated heterocycles. The molecule has 110 valence electrons. The zero-order chi connectivity index (χ0) is 14.4. The zero-order valence-corrected chi connectivity index (χ0v) is 14.1. The zero-order valence-electron chi connectivity index (χ0n) is 12.6. The smallest absolute Gasteiger partial charge is 0.155 e. The van der Waals surface area contributed by atoms with Crippen LogP contribution in [0.3, 0.4) is 0 Å². The molecule has 0 N–H and O–H groups in total. The summed E-state index contributed by atoms with van der Waals surface area (Å²) in [5, 5.41) is 0. The molecule has 0 aromatic carbocycles. The van der Waals surface area contributed by atoms with E-state index in [1.807, 2.05) is 0 Å². The summed E-state index contributed by atoms with van der Waals surface area (Å²) < 4.78 is 23.7.